The molecule has 0 saturated carbocycles. The summed E-state index contributed by atoms with van der Waals surface area (Å²) in [6.45, 7) is 7.03. The van der Waals surface area contributed by atoms with E-state index in [9.17, 15) is 13.2 Å². The smallest absolute Gasteiger partial charge is 0.433 e. The van der Waals surface area contributed by atoms with Gasteiger partial charge in [-0.05, 0) is 36.8 Å². The van der Waals surface area contributed by atoms with Crippen molar-refractivity contribution in [2.45, 2.75) is 19.6 Å². The molecule has 0 aliphatic carbocycles. The van der Waals surface area contributed by atoms with Crippen molar-refractivity contribution < 1.29 is 17.9 Å². The van der Waals surface area contributed by atoms with Crippen LogP contribution in [0.3, 0.4) is 0 Å². The lowest BCUT2D eigenvalue weighted by atomic mass is 10.1. The summed E-state index contributed by atoms with van der Waals surface area (Å²) in [4.78, 5) is 7.83. The van der Waals surface area contributed by atoms with Gasteiger partial charge in [0.2, 0.25) is 0 Å². The molecule has 4 rings (SSSR count). The minimum absolute atomic E-state index is 0.285. The molecular formula is C25H25F3N6O. The molecule has 0 bridgehead atoms. The first-order chi connectivity index (χ1) is 16.7. The maximum absolute atomic E-state index is 12.7. The normalized spacial score (nSPS) is 13.4. The van der Waals surface area contributed by atoms with Gasteiger partial charge in [-0.3, -0.25) is 9.99 Å². The largest absolute Gasteiger partial charge is 0.457 e. The predicted octanol–water partition coefficient (Wildman–Crippen LogP) is 5.06. The Hall–Kier alpha value is -4.05. The Bertz CT molecular complexity index is 1240. The van der Waals surface area contributed by atoms with Crippen molar-refractivity contribution in [1.82, 2.24) is 25.7 Å². The van der Waals surface area contributed by atoms with Crippen molar-refractivity contribution in [3.8, 4) is 11.5 Å². The third-order valence-electron chi connectivity index (χ3n) is 5.43. The van der Waals surface area contributed by atoms with Crippen LogP contribution in [0.5, 0.6) is 11.5 Å². The van der Waals surface area contributed by atoms with Crippen LogP contribution in [-0.2, 0) is 12.7 Å². The van der Waals surface area contributed by atoms with E-state index < -0.39 is 11.9 Å². The number of anilines is 1. The van der Waals surface area contributed by atoms with Crippen LogP contribution in [0, 0.1) is 6.92 Å². The molecule has 3 N–H and O–H groups in total. The number of alkyl halides is 3. The average Bonchev–Trinajstić information content (AvgIpc) is 3.23. The highest BCUT2D eigenvalue weighted by Crippen LogP contribution is 2.31. The van der Waals surface area contributed by atoms with Crippen molar-refractivity contribution in [3.05, 3.63) is 95.7 Å². The zero-order valence-electron chi connectivity index (χ0n) is 19.3. The molecule has 0 unspecified atom stereocenters. The lowest BCUT2D eigenvalue weighted by Gasteiger charge is -2.18. The lowest BCUT2D eigenvalue weighted by Crippen LogP contribution is -2.30. The van der Waals surface area contributed by atoms with Crippen LogP contribution in [0.2, 0.25) is 0 Å². The number of aromatic nitrogens is 2. The van der Waals surface area contributed by atoms with E-state index >= 15 is 0 Å². The zero-order valence-corrected chi connectivity index (χ0v) is 19.3. The van der Waals surface area contributed by atoms with Crippen LogP contribution in [0.4, 0.5) is 19.0 Å². The SMILES string of the molecule is C=C(NCc1ccc(C(F)(F)F)nc1)c1cccc(Oc2ccnc(NC3=CCNN3C)c2)c1C. The Kier molecular flexibility index (Phi) is 6.92. The molecule has 2 aromatic heterocycles. The van der Waals surface area contributed by atoms with Gasteiger partial charge >= 0.3 is 6.18 Å². The van der Waals surface area contributed by atoms with Crippen molar-refractivity contribution in [3.63, 3.8) is 0 Å². The van der Waals surface area contributed by atoms with E-state index in [1.54, 1.807) is 12.3 Å². The number of rotatable bonds is 8. The molecule has 0 atom stereocenters. The van der Waals surface area contributed by atoms with E-state index in [0.29, 0.717) is 28.6 Å². The Labute approximate surface area is 201 Å². The van der Waals surface area contributed by atoms with E-state index in [1.807, 2.05) is 49.3 Å². The molecule has 3 heterocycles. The van der Waals surface area contributed by atoms with Crippen LogP contribution in [0.1, 0.15) is 22.4 Å². The minimum atomic E-state index is -4.46. The van der Waals surface area contributed by atoms with Crippen molar-refractivity contribution in [2.24, 2.45) is 0 Å². The monoisotopic (exact) mass is 482 g/mol. The highest BCUT2D eigenvalue weighted by molar-refractivity contribution is 5.67. The van der Waals surface area contributed by atoms with Crippen LogP contribution < -0.4 is 20.8 Å². The summed E-state index contributed by atoms with van der Waals surface area (Å²) in [5, 5.41) is 8.27. The summed E-state index contributed by atoms with van der Waals surface area (Å²) >= 11 is 0. The second kappa shape index (κ2) is 10.1. The van der Waals surface area contributed by atoms with Gasteiger partial charge in [-0.2, -0.15) is 13.2 Å². The number of pyridine rings is 2. The number of ether oxygens (including phenoxy) is 1. The number of benzene rings is 1. The Morgan fingerprint density at radius 1 is 1.20 bits per heavy atom. The Morgan fingerprint density at radius 3 is 2.71 bits per heavy atom. The van der Waals surface area contributed by atoms with Gasteiger partial charge in [-0.1, -0.05) is 24.8 Å². The zero-order chi connectivity index (χ0) is 25.0. The molecule has 1 aliphatic heterocycles. The molecule has 0 amide bonds. The highest BCUT2D eigenvalue weighted by Gasteiger charge is 2.32. The predicted molar refractivity (Wildman–Crippen MR) is 128 cm³/mol. The van der Waals surface area contributed by atoms with Crippen LogP contribution in [-0.4, -0.2) is 28.6 Å². The van der Waals surface area contributed by atoms with Crippen LogP contribution in [0.25, 0.3) is 5.70 Å². The fourth-order valence-corrected chi connectivity index (χ4v) is 3.49. The minimum Gasteiger partial charge on any atom is -0.457 e. The first-order valence-electron chi connectivity index (χ1n) is 10.8. The van der Waals surface area contributed by atoms with Crippen molar-refractivity contribution in [1.29, 1.82) is 0 Å². The van der Waals surface area contributed by atoms with Crippen LogP contribution in [0.15, 0.2) is 73.3 Å². The molecule has 3 aromatic rings. The quantitative estimate of drug-likeness (QED) is 0.414. The van der Waals surface area contributed by atoms with E-state index in [0.717, 1.165) is 29.6 Å². The lowest BCUT2D eigenvalue weighted by molar-refractivity contribution is -0.141. The average molecular weight is 483 g/mol. The van der Waals surface area contributed by atoms with E-state index in [1.165, 1.54) is 12.3 Å². The molecule has 1 aromatic carbocycles. The topological polar surface area (TPSA) is 74.3 Å². The second-order valence-corrected chi connectivity index (χ2v) is 7.92. The van der Waals surface area contributed by atoms with Gasteiger partial charge in [0.25, 0.3) is 0 Å². The highest BCUT2D eigenvalue weighted by atomic mass is 19.4. The fourth-order valence-electron chi connectivity index (χ4n) is 3.49. The summed E-state index contributed by atoms with van der Waals surface area (Å²) in [6.07, 6.45) is 0.431. The molecule has 35 heavy (non-hydrogen) atoms. The summed E-state index contributed by atoms with van der Waals surface area (Å²) < 4.78 is 44.2. The van der Waals surface area contributed by atoms with E-state index in [4.69, 9.17) is 4.74 Å². The molecule has 0 spiro atoms. The molecule has 182 valence electrons. The molecule has 0 radical (unpaired) electrons. The Morgan fingerprint density at radius 2 is 2.03 bits per heavy atom. The van der Waals surface area contributed by atoms with Gasteiger partial charge in [0.15, 0.2) is 0 Å². The maximum Gasteiger partial charge on any atom is 0.433 e. The number of hydrazine groups is 1. The van der Waals surface area contributed by atoms with Gasteiger partial charge < -0.3 is 15.4 Å². The maximum atomic E-state index is 12.7. The number of nitrogens with one attached hydrogen (secondary N) is 3. The summed E-state index contributed by atoms with van der Waals surface area (Å²) in [6, 6.07) is 11.6. The summed E-state index contributed by atoms with van der Waals surface area (Å²) in [7, 11) is 1.91. The number of hydrogen-bond acceptors (Lipinski definition) is 7. The van der Waals surface area contributed by atoms with Gasteiger partial charge in [0, 0.05) is 55.4 Å². The van der Waals surface area contributed by atoms with Crippen molar-refractivity contribution >= 4 is 11.5 Å². The van der Waals surface area contributed by atoms with E-state index in [2.05, 4.69) is 32.6 Å². The van der Waals surface area contributed by atoms with Gasteiger partial charge in [-0.25, -0.2) is 10.4 Å². The van der Waals surface area contributed by atoms with Gasteiger partial charge in [0.05, 0.1) is 0 Å². The fraction of sp³-hybridized carbons (Fsp3) is 0.200. The van der Waals surface area contributed by atoms with Gasteiger partial charge in [0.1, 0.15) is 28.8 Å². The van der Waals surface area contributed by atoms with Crippen LogP contribution >= 0.6 is 0 Å². The molecule has 7 nitrogen and oxygen atoms in total. The molecule has 0 saturated heterocycles. The molecule has 1 aliphatic rings. The second-order valence-electron chi connectivity index (χ2n) is 7.92. The number of halogens is 3. The number of hydrogen-bond donors (Lipinski definition) is 3. The summed E-state index contributed by atoms with van der Waals surface area (Å²) in [5.41, 5.74) is 5.16. The number of nitrogens with zero attached hydrogens (tertiary/aromatic N) is 3. The third kappa shape index (κ3) is 5.90. The first kappa shape index (κ1) is 24.1. The van der Waals surface area contributed by atoms with E-state index in [-0.39, 0.29) is 6.54 Å². The van der Waals surface area contributed by atoms with Gasteiger partial charge in [-0.15, -0.1) is 0 Å². The molecule has 10 heteroatoms. The third-order valence-corrected chi connectivity index (χ3v) is 5.43. The Balaban J connectivity index is 1.42. The standard InChI is InChI=1S/C25H25F3N6O/c1-16-20(17(2)30-14-18-7-8-22(31-15-18)25(26,27)28)5-4-6-21(16)35-19-9-11-29-23(13-19)33-24-10-12-32-34(24)3/h4-11,13,15,30,32H,2,12,14H2,1,3H3,(H,29,33). The molecule has 0 fully saturated rings. The van der Waals surface area contributed by atoms with Crippen molar-refractivity contribution in [2.75, 3.05) is 18.9 Å². The first-order valence-corrected chi connectivity index (χ1v) is 10.8. The molecular weight excluding hydrogens is 457 g/mol. The summed E-state index contributed by atoms with van der Waals surface area (Å²) in [5.74, 6) is 2.82.